The van der Waals surface area contributed by atoms with Crippen LogP contribution < -0.4 is 5.32 Å². The first-order valence-corrected chi connectivity index (χ1v) is 12.4. The van der Waals surface area contributed by atoms with Gasteiger partial charge in [0.2, 0.25) is 15.0 Å². The molecule has 0 radical (unpaired) electrons. The number of nitrogens with zero attached hydrogens (tertiary/aromatic N) is 3. The Morgan fingerprint density at radius 2 is 2.00 bits per heavy atom. The average Bonchev–Trinajstić information content (AvgIpc) is 3.24. The van der Waals surface area contributed by atoms with Gasteiger partial charge in [0, 0.05) is 29.7 Å². The summed E-state index contributed by atoms with van der Waals surface area (Å²) in [5, 5.41) is 12.4. The fourth-order valence-electron chi connectivity index (χ4n) is 3.53. The zero-order chi connectivity index (χ0) is 22.0. The van der Waals surface area contributed by atoms with Gasteiger partial charge in [0.25, 0.3) is 5.91 Å². The molecule has 10 heteroatoms. The topological polar surface area (TPSA) is 92.3 Å². The van der Waals surface area contributed by atoms with Crippen molar-refractivity contribution in [1.82, 2.24) is 14.5 Å². The van der Waals surface area contributed by atoms with E-state index in [4.69, 9.17) is 11.6 Å². The lowest BCUT2D eigenvalue weighted by Gasteiger charge is -2.30. The molecule has 0 spiro atoms. The standard InChI is InChI=1S/C21H21ClN4O3S2/c1-14-5-2-9-18(11-14)31(28,29)26-10-4-6-15(13-26)20-24-25-21(30-20)19(27)23-17-8-3-7-16(22)12-17/h2-3,5,7-9,11-12,15H,4,6,10,13H2,1H3,(H,23,27). The first-order valence-electron chi connectivity index (χ1n) is 9.80. The third kappa shape index (κ3) is 4.95. The SMILES string of the molecule is Cc1cccc(S(=O)(=O)N2CCCC(c3nnc(C(=O)Nc4cccc(Cl)c4)s3)C2)c1. The molecule has 1 atom stereocenters. The molecule has 1 aliphatic rings. The zero-order valence-corrected chi connectivity index (χ0v) is 19.2. The molecule has 0 bridgehead atoms. The van der Waals surface area contributed by atoms with Crippen LogP contribution in [0.5, 0.6) is 0 Å². The lowest BCUT2D eigenvalue weighted by Crippen LogP contribution is -2.39. The fraction of sp³-hybridized carbons (Fsp3) is 0.286. The summed E-state index contributed by atoms with van der Waals surface area (Å²) in [6, 6.07) is 13.8. The van der Waals surface area contributed by atoms with Crippen LogP contribution in [-0.2, 0) is 10.0 Å². The largest absolute Gasteiger partial charge is 0.320 e. The zero-order valence-electron chi connectivity index (χ0n) is 16.8. The van der Waals surface area contributed by atoms with Crippen molar-refractivity contribution in [2.45, 2.75) is 30.6 Å². The summed E-state index contributed by atoms with van der Waals surface area (Å²) in [5.41, 5.74) is 1.47. The van der Waals surface area contributed by atoms with Crippen LogP contribution in [-0.4, -0.2) is 41.9 Å². The van der Waals surface area contributed by atoms with E-state index in [0.717, 1.165) is 18.4 Å². The predicted molar refractivity (Wildman–Crippen MR) is 121 cm³/mol. The number of carbonyl (C=O) groups is 1. The smallest absolute Gasteiger partial charge is 0.286 e. The van der Waals surface area contributed by atoms with E-state index in [-0.39, 0.29) is 16.8 Å². The van der Waals surface area contributed by atoms with Gasteiger partial charge in [0.05, 0.1) is 4.90 Å². The number of anilines is 1. The Morgan fingerprint density at radius 3 is 2.77 bits per heavy atom. The number of hydrogen-bond donors (Lipinski definition) is 1. The van der Waals surface area contributed by atoms with Crippen LogP contribution in [0, 0.1) is 6.92 Å². The van der Waals surface area contributed by atoms with Gasteiger partial charge in [-0.05, 0) is 55.7 Å². The number of piperidine rings is 1. The minimum atomic E-state index is -3.58. The molecular formula is C21H21ClN4O3S2. The summed E-state index contributed by atoms with van der Waals surface area (Å²) in [6.07, 6.45) is 1.52. The Labute approximate surface area is 190 Å². The number of halogens is 1. The molecule has 1 aliphatic heterocycles. The molecule has 1 N–H and O–H groups in total. The van der Waals surface area contributed by atoms with Crippen LogP contribution in [0.4, 0.5) is 5.69 Å². The normalized spacial score (nSPS) is 17.4. The van der Waals surface area contributed by atoms with Crippen LogP contribution in [0.1, 0.15) is 39.1 Å². The number of hydrogen-bond acceptors (Lipinski definition) is 6. The molecule has 2 heterocycles. The average molecular weight is 477 g/mol. The Hall–Kier alpha value is -2.33. The summed E-state index contributed by atoms with van der Waals surface area (Å²) < 4.78 is 27.7. The van der Waals surface area contributed by atoms with Crippen molar-refractivity contribution in [3.05, 3.63) is 69.1 Å². The van der Waals surface area contributed by atoms with E-state index < -0.39 is 10.0 Å². The van der Waals surface area contributed by atoms with Crippen molar-refractivity contribution in [3.8, 4) is 0 Å². The number of sulfonamides is 1. The number of nitrogens with one attached hydrogen (secondary N) is 1. The van der Waals surface area contributed by atoms with Crippen molar-refractivity contribution in [2.75, 3.05) is 18.4 Å². The number of rotatable bonds is 5. The van der Waals surface area contributed by atoms with Gasteiger partial charge >= 0.3 is 0 Å². The first kappa shape index (κ1) is 21.9. The fourth-order valence-corrected chi connectivity index (χ4v) is 6.21. The van der Waals surface area contributed by atoms with Gasteiger partial charge in [-0.25, -0.2) is 8.42 Å². The summed E-state index contributed by atoms with van der Waals surface area (Å²) >= 11 is 7.15. The maximum atomic E-state index is 13.1. The molecule has 4 rings (SSSR count). The molecule has 162 valence electrons. The minimum absolute atomic E-state index is 0.0986. The number of carbonyl (C=O) groups excluding carboxylic acids is 1. The van der Waals surface area contributed by atoms with Crippen LogP contribution >= 0.6 is 22.9 Å². The number of amides is 1. The second-order valence-corrected chi connectivity index (χ2v) is 10.8. The summed E-state index contributed by atoms with van der Waals surface area (Å²) in [7, 11) is -3.58. The Kier molecular flexibility index (Phi) is 6.38. The van der Waals surface area contributed by atoms with E-state index in [9.17, 15) is 13.2 Å². The Morgan fingerprint density at radius 1 is 1.19 bits per heavy atom. The first-order chi connectivity index (χ1) is 14.8. The van der Waals surface area contributed by atoms with Crippen molar-refractivity contribution in [3.63, 3.8) is 0 Å². The molecule has 3 aromatic rings. The summed E-state index contributed by atoms with van der Waals surface area (Å²) in [5.74, 6) is -0.468. The highest BCUT2D eigenvalue weighted by Gasteiger charge is 2.32. The molecule has 0 aliphatic carbocycles. The maximum absolute atomic E-state index is 13.1. The van der Waals surface area contributed by atoms with Gasteiger partial charge < -0.3 is 5.32 Å². The minimum Gasteiger partial charge on any atom is -0.320 e. The van der Waals surface area contributed by atoms with Crippen LogP contribution in [0.3, 0.4) is 0 Å². The molecule has 2 aromatic carbocycles. The molecule has 31 heavy (non-hydrogen) atoms. The number of benzene rings is 2. The quantitative estimate of drug-likeness (QED) is 0.592. The molecule has 1 saturated heterocycles. The van der Waals surface area contributed by atoms with E-state index in [2.05, 4.69) is 15.5 Å². The molecular weight excluding hydrogens is 456 g/mol. The molecule has 1 fully saturated rings. The van der Waals surface area contributed by atoms with Crippen LogP contribution in [0.25, 0.3) is 0 Å². The lowest BCUT2D eigenvalue weighted by atomic mass is 10.0. The van der Waals surface area contributed by atoms with Gasteiger partial charge in [0.1, 0.15) is 5.01 Å². The van der Waals surface area contributed by atoms with E-state index in [1.54, 1.807) is 42.5 Å². The Bertz CT molecular complexity index is 1210. The van der Waals surface area contributed by atoms with E-state index in [1.807, 2.05) is 13.0 Å². The highest BCUT2D eigenvalue weighted by molar-refractivity contribution is 7.89. The van der Waals surface area contributed by atoms with Crippen molar-refractivity contribution < 1.29 is 13.2 Å². The lowest BCUT2D eigenvalue weighted by molar-refractivity contribution is 0.102. The third-order valence-electron chi connectivity index (χ3n) is 5.08. The molecule has 1 aromatic heterocycles. The van der Waals surface area contributed by atoms with Gasteiger partial charge in [-0.15, -0.1) is 10.2 Å². The molecule has 1 amide bonds. The van der Waals surface area contributed by atoms with E-state index in [1.165, 1.54) is 15.6 Å². The highest BCUT2D eigenvalue weighted by Crippen LogP contribution is 2.32. The molecule has 0 saturated carbocycles. The van der Waals surface area contributed by atoms with Crippen LogP contribution in [0.15, 0.2) is 53.4 Å². The van der Waals surface area contributed by atoms with Gasteiger partial charge in [-0.2, -0.15) is 4.31 Å². The molecule has 1 unspecified atom stereocenters. The van der Waals surface area contributed by atoms with Gasteiger partial charge in [-0.3, -0.25) is 4.79 Å². The van der Waals surface area contributed by atoms with Gasteiger partial charge in [-0.1, -0.05) is 41.1 Å². The monoisotopic (exact) mass is 476 g/mol. The number of aromatic nitrogens is 2. The Balaban J connectivity index is 1.48. The second-order valence-electron chi connectivity index (χ2n) is 7.43. The molecule has 7 nitrogen and oxygen atoms in total. The number of aryl methyl sites for hydroxylation is 1. The third-order valence-corrected chi connectivity index (χ3v) is 8.26. The van der Waals surface area contributed by atoms with Gasteiger partial charge in [0.15, 0.2) is 0 Å². The van der Waals surface area contributed by atoms with Crippen molar-refractivity contribution in [2.24, 2.45) is 0 Å². The van der Waals surface area contributed by atoms with E-state index >= 15 is 0 Å². The van der Waals surface area contributed by atoms with Crippen molar-refractivity contribution in [1.29, 1.82) is 0 Å². The predicted octanol–water partition coefficient (Wildman–Crippen LogP) is 4.32. The van der Waals surface area contributed by atoms with E-state index in [0.29, 0.717) is 33.7 Å². The summed E-state index contributed by atoms with van der Waals surface area (Å²) in [6.45, 7) is 2.66. The van der Waals surface area contributed by atoms with Crippen LogP contribution in [0.2, 0.25) is 5.02 Å². The summed E-state index contributed by atoms with van der Waals surface area (Å²) in [4.78, 5) is 12.8. The van der Waals surface area contributed by atoms with Crippen molar-refractivity contribution >= 4 is 44.6 Å². The maximum Gasteiger partial charge on any atom is 0.286 e. The highest BCUT2D eigenvalue weighted by atomic mass is 35.5. The second kappa shape index (κ2) is 9.04.